The third kappa shape index (κ3) is 2.11. The van der Waals surface area contributed by atoms with Crippen molar-refractivity contribution in [3.8, 4) is 11.6 Å². The molecule has 0 amide bonds. The van der Waals surface area contributed by atoms with Gasteiger partial charge in [-0.25, -0.2) is 9.97 Å². The molecular weight excluding hydrogens is 238 g/mol. The van der Waals surface area contributed by atoms with Crippen LogP contribution >= 0.6 is 0 Å². The minimum Gasteiger partial charge on any atom is -0.453 e. The molecule has 3 aromatic rings. The van der Waals surface area contributed by atoms with Gasteiger partial charge in [0.15, 0.2) is 11.6 Å². The first-order valence-corrected chi connectivity index (χ1v) is 6.23. The van der Waals surface area contributed by atoms with Crippen LogP contribution in [-0.4, -0.2) is 9.97 Å². The fourth-order valence-electron chi connectivity index (χ4n) is 2.13. The molecule has 3 rings (SSSR count). The van der Waals surface area contributed by atoms with E-state index in [2.05, 4.69) is 9.97 Å². The molecular formula is C15H15N3O. The summed E-state index contributed by atoms with van der Waals surface area (Å²) in [6, 6.07) is 9.75. The molecule has 0 saturated carbocycles. The highest BCUT2D eigenvalue weighted by atomic mass is 16.3. The van der Waals surface area contributed by atoms with Crippen molar-refractivity contribution in [3.05, 3.63) is 47.8 Å². The first-order chi connectivity index (χ1) is 9.15. The van der Waals surface area contributed by atoms with Gasteiger partial charge in [0.25, 0.3) is 0 Å². The molecule has 0 bridgehead atoms. The Kier molecular flexibility index (Phi) is 2.80. The Morgan fingerprint density at radius 2 is 2.05 bits per heavy atom. The molecule has 0 saturated heterocycles. The van der Waals surface area contributed by atoms with Crippen LogP contribution in [0.4, 0.5) is 0 Å². The molecule has 0 fully saturated rings. The number of nitrogens with two attached hydrogens (primary N) is 1. The minimum absolute atomic E-state index is 0.0651. The SMILES string of the molecule is Cc1nc(-c2cc3ccccc3o2)ncc1[C@@H](C)N. The molecule has 96 valence electrons. The van der Waals surface area contributed by atoms with E-state index in [-0.39, 0.29) is 6.04 Å². The second kappa shape index (κ2) is 4.48. The number of benzene rings is 1. The van der Waals surface area contributed by atoms with Gasteiger partial charge in [-0.15, -0.1) is 0 Å². The maximum Gasteiger partial charge on any atom is 0.195 e. The van der Waals surface area contributed by atoms with E-state index in [1.807, 2.05) is 44.2 Å². The highest BCUT2D eigenvalue weighted by molar-refractivity contribution is 5.81. The highest BCUT2D eigenvalue weighted by Crippen LogP contribution is 2.26. The Morgan fingerprint density at radius 3 is 2.74 bits per heavy atom. The molecule has 1 atom stereocenters. The van der Waals surface area contributed by atoms with Gasteiger partial charge in [0.1, 0.15) is 5.58 Å². The fourth-order valence-corrected chi connectivity index (χ4v) is 2.13. The summed E-state index contributed by atoms with van der Waals surface area (Å²) >= 11 is 0. The molecule has 0 radical (unpaired) electrons. The Morgan fingerprint density at radius 1 is 1.26 bits per heavy atom. The first-order valence-electron chi connectivity index (χ1n) is 6.23. The molecule has 2 aromatic heterocycles. The summed E-state index contributed by atoms with van der Waals surface area (Å²) in [6.07, 6.45) is 1.77. The Labute approximate surface area is 111 Å². The van der Waals surface area contributed by atoms with Crippen LogP contribution in [0.3, 0.4) is 0 Å². The van der Waals surface area contributed by atoms with Gasteiger partial charge in [0, 0.05) is 28.9 Å². The lowest BCUT2D eigenvalue weighted by Crippen LogP contribution is -2.09. The van der Waals surface area contributed by atoms with E-state index >= 15 is 0 Å². The maximum atomic E-state index is 5.86. The third-order valence-electron chi connectivity index (χ3n) is 3.15. The lowest BCUT2D eigenvalue weighted by molar-refractivity contribution is 0.624. The van der Waals surface area contributed by atoms with E-state index in [0.717, 1.165) is 22.2 Å². The Bertz CT molecular complexity index is 698. The molecule has 0 unspecified atom stereocenters. The number of furan rings is 1. The van der Waals surface area contributed by atoms with Crippen LogP contribution in [0, 0.1) is 6.92 Å². The number of hydrogen-bond acceptors (Lipinski definition) is 4. The van der Waals surface area contributed by atoms with Crippen LogP contribution in [-0.2, 0) is 0 Å². The maximum absolute atomic E-state index is 5.86. The first kappa shape index (κ1) is 11.9. The summed E-state index contributed by atoms with van der Waals surface area (Å²) < 4.78 is 5.75. The van der Waals surface area contributed by atoms with Crippen molar-refractivity contribution in [3.63, 3.8) is 0 Å². The van der Waals surface area contributed by atoms with Crippen LogP contribution in [0.1, 0.15) is 24.2 Å². The summed E-state index contributed by atoms with van der Waals surface area (Å²) in [5, 5.41) is 1.05. The normalized spacial score (nSPS) is 12.8. The van der Waals surface area contributed by atoms with Crippen molar-refractivity contribution in [2.45, 2.75) is 19.9 Å². The molecule has 2 N–H and O–H groups in total. The molecule has 0 aliphatic rings. The van der Waals surface area contributed by atoms with E-state index in [4.69, 9.17) is 10.2 Å². The third-order valence-corrected chi connectivity index (χ3v) is 3.15. The molecule has 19 heavy (non-hydrogen) atoms. The van der Waals surface area contributed by atoms with Gasteiger partial charge in [-0.05, 0) is 26.0 Å². The van der Waals surface area contributed by atoms with Gasteiger partial charge in [0.05, 0.1) is 0 Å². The van der Waals surface area contributed by atoms with E-state index in [0.29, 0.717) is 11.6 Å². The zero-order chi connectivity index (χ0) is 13.4. The Hall–Kier alpha value is -2.20. The van der Waals surface area contributed by atoms with Crippen LogP contribution in [0.2, 0.25) is 0 Å². The molecule has 1 aromatic carbocycles. The lowest BCUT2D eigenvalue weighted by atomic mass is 10.1. The second-order valence-corrected chi connectivity index (χ2v) is 4.67. The van der Waals surface area contributed by atoms with Gasteiger partial charge < -0.3 is 10.2 Å². The van der Waals surface area contributed by atoms with Crippen LogP contribution in [0.25, 0.3) is 22.6 Å². The second-order valence-electron chi connectivity index (χ2n) is 4.67. The fraction of sp³-hybridized carbons (Fsp3) is 0.200. The van der Waals surface area contributed by atoms with Crippen molar-refractivity contribution < 1.29 is 4.42 Å². The van der Waals surface area contributed by atoms with Gasteiger partial charge >= 0.3 is 0 Å². The predicted octanol–water partition coefficient (Wildman–Crippen LogP) is 3.22. The highest BCUT2D eigenvalue weighted by Gasteiger charge is 2.12. The van der Waals surface area contributed by atoms with Gasteiger partial charge in [0.2, 0.25) is 0 Å². The van der Waals surface area contributed by atoms with Crippen molar-refractivity contribution in [2.24, 2.45) is 5.73 Å². The zero-order valence-corrected chi connectivity index (χ0v) is 10.9. The zero-order valence-electron chi connectivity index (χ0n) is 10.9. The summed E-state index contributed by atoms with van der Waals surface area (Å²) in [5.41, 5.74) is 8.55. The van der Waals surface area contributed by atoms with Crippen molar-refractivity contribution in [2.75, 3.05) is 0 Å². The van der Waals surface area contributed by atoms with Crippen LogP contribution in [0.15, 0.2) is 40.9 Å². The summed E-state index contributed by atoms with van der Waals surface area (Å²) in [7, 11) is 0. The largest absolute Gasteiger partial charge is 0.453 e. The standard InChI is InChI=1S/C15H15N3O/c1-9(16)12-8-17-15(18-10(12)2)14-7-11-5-3-4-6-13(11)19-14/h3-9H,16H2,1-2H3/t9-/m1/s1. The van der Waals surface area contributed by atoms with E-state index in [9.17, 15) is 0 Å². The summed E-state index contributed by atoms with van der Waals surface area (Å²) in [6.45, 7) is 3.86. The quantitative estimate of drug-likeness (QED) is 0.761. The van der Waals surface area contributed by atoms with E-state index < -0.39 is 0 Å². The topological polar surface area (TPSA) is 64.9 Å². The summed E-state index contributed by atoms with van der Waals surface area (Å²) in [4.78, 5) is 8.82. The smallest absolute Gasteiger partial charge is 0.195 e. The molecule has 0 aliphatic heterocycles. The van der Waals surface area contributed by atoms with Crippen molar-refractivity contribution in [1.82, 2.24) is 9.97 Å². The number of nitrogens with zero attached hydrogens (tertiary/aromatic N) is 2. The van der Waals surface area contributed by atoms with Gasteiger partial charge in [-0.2, -0.15) is 0 Å². The molecule has 4 nitrogen and oxygen atoms in total. The average Bonchev–Trinajstić information content (AvgIpc) is 2.81. The lowest BCUT2D eigenvalue weighted by Gasteiger charge is -2.08. The number of fused-ring (bicyclic) bond motifs is 1. The molecule has 2 heterocycles. The number of para-hydroxylation sites is 1. The average molecular weight is 253 g/mol. The number of aryl methyl sites for hydroxylation is 1. The molecule has 0 spiro atoms. The van der Waals surface area contributed by atoms with Gasteiger partial charge in [-0.3, -0.25) is 0 Å². The molecule has 0 aliphatic carbocycles. The van der Waals surface area contributed by atoms with Crippen LogP contribution in [0.5, 0.6) is 0 Å². The van der Waals surface area contributed by atoms with Crippen molar-refractivity contribution in [1.29, 1.82) is 0 Å². The molecule has 4 heteroatoms. The number of hydrogen-bond donors (Lipinski definition) is 1. The Balaban J connectivity index is 2.09. The van der Waals surface area contributed by atoms with Gasteiger partial charge in [-0.1, -0.05) is 18.2 Å². The van der Waals surface area contributed by atoms with E-state index in [1.165, 1.54) is 0 Å². The summed E-state index contributed by atoms with van der Waals surface area (Å²) in [5.74, 6) is 1.28. The number of aromatic nitrogens is 2. The monoisotopic (exact) mass is 253 g/mol. The number of rotatable bonds is 2. The minimum atomic E-state index is -0.0651. The predicted molar refractivity (Wildman–Crippen MR) is 74.6 cm³/mol. The van der Waals surface area contributed by atoms with Crippen molar-refractivity contribution >= 4 is 11.0 Å². The van der Waals surface area contributed by atoms with E-state index in [1.54, 1.807) is 6.20 Å². The van der Waals surface area contributed by atoms with Crippen LogP contribution < -0.4 is 5.73 Å².